The van der Waals surface area contributed by atoms with E-state index in [-0.39, 0.29) is 34.4 Å². The zero-order valence-corrected chi connectivity index (χ0v) is 18.2. The van der Waals surface area contributed by atoms with Gasteiger partial charge in [0.25, 0.3) is 0 Å². The van der Waals surface area contributed by atoms with Crippen molar-refractivity contribution in [1.29, 1.82) is 0 Å². The number of hydrogen-bond donors (Lipinski definition) is 1. The molecule has 6 rings (SSSR count). The van der Waals surface area contributed by atoms with Crippen molar-refractivity contribution in [3.05, 3.63) is 72.7 Å². The molecule has 0 bridgehead atoms. The molecule has 0 saturated carbocycles. The monoisotopic (exact) mass is 517 g/mol. The van der Waals surface area contributed by atoms with Crippen LogP contribution in [0.5, 0.6) is 23.0 Å². The molecule has 0 saturated heterocycles. The highest BCUT2D eigenvalue weighted by Gasteiger charge is 2.44. The summed E-state index contributed by atoms with van der Waals surface area (Å²) in [5, 5.41) is 6.78. The van der Waals surface area contributed by atoms with Gasteiger partial charge in [0.15, 0.2) is 23.0 Å². The first kappa shape index (κ1) is 22.6. The number of benzene rings is 3. The average molecular weight is 517 g/mol. The first-order valence-corrected chi connectivity index (χ1v) is 10.5. The number of carbonyl (C=O) groups is 1. The number of alkyl halides is 4. The van der Waals surface area contributed by atoms with Crippen molar-refractivity contribution in [2.45, 2.75) is 12.6 Å². The molecular weight excluding hydrogens is 505 g/mol. The molecule has 37 heavy (non-hydrogen) atoms. The molecule has 4 aromatic rings. The molecule has 2 aliphatic rings. The van der Waals surface area contributed by atoms with Gasteiger partial charge in [0.1, 0.15) is 11.5 Å². The number of halogens is 5. The molecule has 0 atom stereocenters. The summed E-state index contributed by atoms with van der Waals surface area (Å²) in [5.41, 5.74) is 1.44. The Morgan fingerprint density at radius 2 is 1.32 bits per heavy atom. The largest absolute Gasteiger partial charge is 0.586 e. The van der Waals surface area contributed by atoms with Crippen LogP contribution in [0, 0.1) is 5.82 Å². The zero-order chi connectivity index (χ0) is 25.9. The summed E-state index contributed by atoms with van der Waals surface area (Å²) in [4.78, 5) is 13.0. The van der Waals surface area contributed by atoms with Crippen LogP contribution in [0.15, 0.2) is 66.9 Å². The predicted molar refractivity (Wildman–Crippen MR) is 116 cm³/mol. The Labute approximate surface area is 203 Å². The Bertz CT molecular complexity index is 1560. The number of fused-ring (bicyclic) bond motifs is 2. The molecule has 3 heterocycles. The van der Waals surface area contributed by atoms with Crippen LogP contribution < -0.4 is 24.3 Å². The molecule has 8 nitrogen and oxygen atoms in total. The van der Waals surface area contributed by atoms with E-state index in [0.717, 1.165) is 10.7 Å². The van der Waals surface area contributed by atoms with E-state index in [9.17, 15) is 26.7 Å². The highest BCUT2D eigenvalue weighted by molar-refractivity contribution is 5.93. The van der Waals surface area contributed by atoms with Gasteiger partial charge in [-0.2, -0.15) is 9.78 Å². The van der Waals surface area contributed by atoms with E-state index in [1.54, 1.807) is 0 Å². The van der Waals surface area contributed by atoms with Crippen molar-refractivity contribution >= 4 is 11.7 Å². The number of aromatic nitrogens is 2. The van der Waals surface area contributed by atoms with E-state index >= 15 is 0 Å². The van der Waals surface area contributed by atoms with Gasteiger partial charge in [-0.25, -0.2) is 9.18 Å². The maximum atomic E-state index is 13.5. The molecule has 3 aromatic carbocycles. The number of nitrogens with zero attached hydrogens (tertiary/aromatic N) is 2. The van der Waals surface area contributed by atoms with Crippen LogP contribution in [0.25, 0.3) is 22.4 Å². The number of rotatable bonds is 3. The summed E-state index contributed by atoms with van der Waals surface area (Å²) in [5.74, 6) is -1.37. The van der Waals surface area contributed by atoms with Gasteiger partial charge in [-0.05, 0) is 48.0 Å². The molecule has 2 aliphatic heterocycles. The van der Waals surface area contributed by atoms with Gasteiger partial charge >= 0.3 is 18.6 Å². The Morgan fingerprint density at radius 1 is 0.757 bits per heavy atom. The third kappa shape index (κ3) is 4.24. The van der Waals surface area contributed by atoms with E-state index in [4.69, 9.17) is 0 Å². The van der Waals surface area contributed by atoms with Gasteiger partial charge in [0.2, 0.25) is 0 Å². The van der Waals surface area contributed by atoms with Gasteiger partial charge in [0, 0.05) is 29.1 Å². The molecule has 0 spiro atoms. The second-order valence-corrected chi connectivity index (χ2v) is 7.93. The normalized spacial score (nSPS) is 16.0. The molecular formula is C24H12F5N3O5. The lowest BCUT2D eigenvalue weighted by Gasteiger charge is -2.06. The number of amides is 1. The standard InChI is InChI=1S/C24H12F5N3O5/c25-14-4-1-12(2-5-14)16-11-32(22(33)30-15-6-8-18-20(10-15)37-24(28,29)35-18)31-21(16)13-3-7-17-19(9-13)36-23(26,27)34-17/h1-11H,(H,30,33). The Morgan fingerprint density at radius 3 is 2.00 bits per heavy atom. The molecule has 13 heteroatoms. The second kappa shape index (κ2) is 7.85. The Balaban J connectivity index is 1.35. The minimum Gasteiger partial charge on any atom is -0.395 e. The SMILES string of the molecule is O=C(Nc1ccc2c(c1)OC(F)(F)O2)n1cc(-c2ccc(F)cc2)c(-c2ccc3c(c2)OC(F)(F)O3)n1. The maximum Gasteiger partial charge on any atom is 0.586 e. The van der Waals surface area contributed by atoms with Crippen molar-refractivity contribution < 1.29 is 45.7 Å². The third-order valence-corrected chi connectivity index (χ3v) is 5.40. The first-order valence-electron chi connectivity index (χ1n) is 10.5. The lowest BCUT2D eigenvalue weighted by molar-refractivity contribution is -0.287. The van der Waals surface area contributed by atoms with Gasteiger partial charge in [-0.3, -0.25) is 0 Å². The van der Waals surface area contributed by atoms with Gasteiger partial charge < -0.3 is 24.3 Å². The topological polar surface area (TPSA) is 83.8 Å². The summed E-state index contributed by atoms with van der Waals surface area (Å²) in [6.45, 7) is 0. The predicted octanol–water partition coefficient (Wildman–Crippen LogP) is 6.08. The summed E-state index contributed by atoms with van der Waals surface area (Å²) < 4.78 is 85.6. The molecule has 1 N–H and O–H groups in total. The molecule has 1 aromatic heterocycles. The van der Waals surface area contributed by atoms with E-state index in [2.05, 4.69) is 29.4 Å². The fraction of sp³-hybridized carbons (Fsp3) is 0.0833. The number of carbonyl (C=O) groups excluding carboxylic acids is 1. The van der Waals surface area contributed by atoms with Crippen molar-refractivity contribution in [1.82, 2.24) is 9.78 Å². The maximum absolute atomic E-state index is 13.5. The summed E-state index contributed by atoms with van der Waals surface area (Å²) in [7, 11) is 0. The summed E-state index contributed by atoms with van der Waals surface area (Å²) in [6, 6.07) is 12.2. The lowest BCUT2D eigenvalue weighted by Crippen LogP contribution is -2.25. The van der Waals surface area contributed by atoms with Crippen LogP contribution >= 0.6 is 0 Å². The zero-order valence-electron chi connectivity index (χ0n) is 18.2. The number of hydrogen-bond acceptors (Lipinski definition) is 6. The molecule has 0 fully saturated rings. The number of nitrogens with one attached hydrogen (secondary N) is 1. The summed E-state index contributed by atoms with van der Waals surface area (Å²) in [6.07, 6.45) is -6.30. The van der Waals surface area contributed by atoms with E-state index in [1.807, 2.05) is 0 Å². The quantitative estimate of drug-likeness (QED) is 0.332. The van der Waals surface area contributed by atoms with E-state index < -0.39 is 24.4 Å². The first-order chi connectivity index (χ1) is 17.6. The molecule has 0 radical (unpaired) electrons. The number of ether oxygens (including phenoxy) is 4. The minimum atomic E-state index is -3.82. The molecule has 0 aliphatic carbocycles. The lowest BCUT2D eigenvalue weighted by atomic mass is 10.0. The van der Waals surface area contributed by atoms with Crippen molar-refractivity contribution in [2.75, 3.05) is 5.32 Å². The van der Waals surface area contributed by atoms with Crippen LogP contribution in [0.3, 0.4) is 0 Å². The van der Waals surface area contributed by atoms with Crippen LogP contribution in [0.4, 0.5) is 32.4 Å². The van der Waals surface area contributed by atoms with Crippen LogP contribution in [0.1, 0.15) is 0 Å². The van der Waals surface area contributed by atoms with Crippen LogP contribution in [-0.4, -0.2) is 28.4 Å². The third-order valence-electron chi connectivity index (χ3n) is 5.40. The molecule has 0 unspecified atom stereocenters. The van der Waals surface area contributed by atoms with Crippen molar-refractivity contribution in [3.8, 4) is 45.4 Å². The summed E-state index contributed by atoms with van der Waals surface area (Å²) >= 11 is 0. The highest BCUT2D eigenvalue weighted by Crippen LogP contribution is 2.44. The van der Waals surface area contributed by atoms with Crippen LogP contribution in [-0.2, 0) is 0 Å². The van der Waals surface area contributed by atoms with Crippen molar-refractivity contribution in [2.24, 2.45) is 0 Å². The Kier molecular flexibility index (Phi) is 4.80. The van der Waals surface area contributed by atoms with Crippen molar-refractivity contribution in [3.63, 3.8) is 0 Å². The fourth-order valence-electron chi connectivity index (χ4n) is 3.84. The second-order valence-electron chi connectivity index (χ2n) is 7.93. The molecule has 188 valence electrons. The van der Waals surface area contributed by atoms with E-state index in [1.165, 1.54) is 60.8 Å². The van der Waals surface area contributed by atoms with Gasteiger partial charge in [-0.1, -0.05) is 12.1 Å². The van der Waals surface area contributed by atoms with Gasteiger partial charge in [-0.15, -0.1) is 17.6 Å². The number of anilines is 1. The Hall–Kier alpha value is -4.81. The van der Waals surface area contributed by atoms with Gasteiger partial charge in [0.05, 0.1) is 0 Å². The molecule has 1 amide bonds. The minimum absolute atomic E-state index is 0.107. The fourth-order valence-corrected chi connectivity index (χ4v) is 3.84. The van der Waals surface area contributed by atoms with Crippen LogP contribution in [0.2, 0.25) is 0 Å². The highest BCUT2D eigenvalue weighted by atomic mass is 19.3. The average Bonchev–Trinajstić information content (AvgIpc) is 3.49. The van der Waals surface area contributed by atoms with E-state index in [0.29, 0.717) is 16.7 Å². The smallest absolute Gasteiger partial charge is 0.395 e.